The van der Waals surface area contributed by atoms with Crippen molar-refractivity contribution in [2.24, 2.45) is 0 Å². The molecule has 0 radical (unpaired) electrons. The highest BCUT2D eigenvalue weighted by Gasteiger charge is 2.64. The fourth-order valence-electron chi connectivity index (χ4n) is 3.86. The van der Waals surface area contributed by atoms with Gasteiger partial charge >= 0.3 is 5.97 Å². The normalized spacial score (nSPS) is 25.2. The van der Waals surface area contributed by atoms with Gasteiger partial charge in [-0.15, -0.1) is 0 Å². The standard InChI is InChI=1S/C22H21NO5S/c24-19-13-20-23(19)22(21(25)26,14-16-7-3-1-4-8-16)18(28-20)11-12-29(27)15-17-9-5-2-6-10-17/h1-11,20H,12-15H2,(H,25,26). The highest BCUT2D eigenvalue weighted by atomic mass is 32.2. The molecule has 0 aromatic heterocycles. The Hall–Kier alpha value is -2.93. The third-order valence-corrected chi connectivity index (χ3v) is 6.46. The average molecular weight is 411 g/mol. The number of carbonyl (C=O) groups is 2. The molecule has 2 aromatic carbocycles. The van der Waals surface area contributed by atoms with E-state index in [1.807, 2.05) is 60.7 Å². The number of aliphatic carboxylic acids is 1. The summed E-state index contributed by atoms with van der Waals surface area (Å²) in [5.74, 6) is -0.664. The van der Waals surface area contributed by atoms with Crippen LogP contribution >= 0.6 is 0 Å². The minimum Gasteiger partial charge on any atom is -0.479 e. The molecule has 150 valence electrons. The summed E-state index contributed by atoms with van der Waals surface area (Å²) in [6, 6.07) is 18.6. The number of carboxylic acid groups (broad SMARTS) is 1. The Balaban J connectivity index is 1.61. The summed E-state index contributed by atoms with van der Waals surface area (Å²) in [5, 5.41) is 10.1. The van der Waals surface area contributed by atoms with Gasteiger partial charge in [0.05, 0.1) is 6.42 Å². The Morgan fingerprint density at radius 2 is 1.76 bits per heavy atom. The van der Waals surface area contributed by atoms with Gasteiger partial charge in [0.2, 0.25) is 11.4 Å². The summed E-state index contributed by atoms with van der Waals surface area (Å²) in [6.07, 6.45) is 1.27. The molecule has 29 heavy (non-hydrogen) atoms. The van der Waals surface area contributed by atoms with Crippen molar-refractivity contribution in [3.8, 4) is 0 Å². The van der Waals surface area contributed by atoms with Crippen LogP contribution in [-0.4, -0.2) is 43.6 Å². The predicted octanol–water partition coefficient (Wildman–Crippen LogP) is 2.47. The van der Waals surface area contributed by atoms with Crippen molar-refractivity contribution in [1.29, 1.82) is 0 Å². The molecule has 1 amide bonds. The number of β-lactam (4-membered cyclic amide) rings is 1. The Kier molecular flexibility index (Phi) is 5.24. The smallest absolute Gasteiger partial charge is 0.338 e. The molecule has 3 atom stereocenters. The fourth-order valence-corrected chi connectivity index (χ4v) is 4.87. The summed E-state index contributed by atoms with van der Waals surface area (Å²) in [7, 11) is -1.22. The quantitative estimate of drug-likeness (QED) is 0.708. The molecule has 3 unspecified atom stereocenters. The molecule has 0 saturated carbocycles. The second-order valence-corrected chi connectivity index (χ2v) is 8.67. The van der Waals surface area contributed by atoms with Crippen LogP contribution in [0.1, 0.15) is 17.5 Å². The van der Waals surface area contributed by atoms with Crippen molar-refractivity contribution in [3.63, 3.8) is 0 Å². The van der Waals surface area contributed by atoms with Crippen LogP contribution in [0.25, 0.3) is 0 Å². The summed E-state index contributed by atoms with van der Waals surface area (Å²) in [5.41, 5.74) is 0.137. The van der Waals surface area contributed by atoms with Crippen molar-refractivity contribution >= 4 is 22.7 Å². The number of hydrogen-bond donors (Lipinski definition) is 1. The number of carboxylic acids is 1. The van der Waals surface area contributed by atoms with E-state index in [-0.39, 0.29) is 30.3 Å². The first-order chi connectivity index (χ1) is 14.0. The van der Waals surface area contributed by atoms with Crippen molar-refractivity contribution in [1.82, 2.24) is 4.90 Å². The minimum atomic E-state index is -1.60. The van der Waals surface area contributed by atoms with Crippen molar-refractivity contribution in [2.45, 2.75) is 30.4 Å². The van der Waals surface area contributed by atoms with Crippen LogP contribution in [0.4, 0.5) is 0 Å². The molecule has 0 spiro atoms. The maximum atomic E-state index is 12.5. The average Bonchev–Trinajstić information content (AvgIpc) is 2.96. The van der Waals surface area contributed by atoms with Gasteiger partial charge in [0.15, 0.2) is 6.23 Å². The van der Waals surface area contributed by atoms with Gasteiger partial charge in [-0.25, -0.2) is 4.79 Å². The van der Waals surface area contributed by atoms with Crippen LogP contribution in [0, 0.1) is 0 Å². The molecular weight excluding hydrogens is 390 g/mol. The van der Waals surface area contributed by atoms with Crippen LogP contribution in [0.5, 0.6) is 0 Å². The van der Waals surface area contributed by atoms with E-state index in [0.29, 0.717) is 5.75 Å². The number of nitrogens with zero attached hydrogens (tertiary/aromatic N) is 1. The largest absolute Gasteiger partial charge is 0.479 e. The van der Waals surface area contributed by atoms with E-state index in [4.69, 9.17) is 4.74 Å². The zero-order valence-corrected chi connectivity index (χ0v) is 16.5. The molecule has 1 N–H and O–H groups in total. The summed E-state index contributed by atoms with van der Waals surface area (Å²) >= 11 is 0. The SMILES string of the molecule is O=C1CC2OC(=CCS(=O)Cc3ccccc3)C(Cc3ccccc3)(C(=O)O)N12. The molecule has 2 aliphatic rings. The van der Waals surface area contributed by atoms with Crippen LogP contribution in [-0.2, 0) is 37.3 Å². The Morgan fingerprint density at radius 1 is 1.14 bits per heavy atom. The number of ether oxygens (including phenoxy) is 1. The van der Waals surface area contributed by atoms with E-state index in [1.54, 1.807) is 6.08 Å². The van der Waals surface area contributed by atoms with Crippen LogP contribution in [0.3, 0.4) is 0 Å². The number of benzene rings is 2. The first-order valence-corrected chi connectivity index (χ1v) is 10.8. The number of rotatable bonds is 7. The van der Waals surface area contributed by atoms with E-state index in [2.05, 4.69) is 0 Å². The van der Waals surface area contributed by atoms with E-state index < -0.39 is 28.5 Å². The lowest BCUT2D eigenvalue weighted by Crippen LogP contribution is -2.63. The topological polar surface area (TPSA) is 83.9 Å². The maximum absolute atomic E-state index is 12.5. The number of hydrogen-bond acceptors (Lipinski definition) is 4. The van der Waals surface area contributed by atoms with Crippen molar-refractivity contribution in [3.05, 3.63) is 83.6 Å². The van der Waals surface area contributed by atoms with E-state index in [0.717, 1.165) is 11.1 Å². The monoisotopic (exact) mass is 411 g/mol. The van der Waals surface area contributed by atoms with E-state index in [1.165, 1.54) is 4.90 Å². The zero-order chi connectivity index (χ0) is 20.4. The van der Waals surface area contributed by atoms with Gasteiger partial charge in [0, 0.05) is 28.7 Å². The maximum Gasteiger partial charge on any atom is 0.338 e. The van der Waals surface area contributed by atoms with Gasteiger partial charge in [0.25, 0.3) is 0 Å². The number of fused-ring (bicyclic) bond motifs is 1. The highest BCUT2D eigenvalue weighted by molar-refractivity contribution is 7.84. The molecule has 2 aliphatic heterocycles. The van der Waals surface area contributed by atoms with Gasteiger partial charge in [-0.2, -0.15) is 0 Å². The molecular formula is C22H21NO5S. The molecule has 2 heterocycles. The van der Waals surface area contributed by atoms with Gasteiger partial charge in [-0.05, 0) is 17.2 Å². The van der Waals surface area contributed by atoms with E-state index in [9.17, 15) is 18.9 Å². The Labute approximate surface area is 171 Å². The van der Waals surface area contributed by atoms with Gasteiger partial charge < -0.3 is 9.84 Å². The number of amides is 1. The molecule has 2 aromatic rings. The summed E-state index contributed by atoms with van der Waals surface area (Å²) in [6.45, 7) is 0. The minimum absolute atomic E-state index is 0.0998. The third kappa shape index (κ3) is 3.58. The van der Waals surface area contributed by atoms with Crippen LogP contribution in [0.15, 0.2) is 72.5 Å². The van der Waals surface area contributed by atoms with Gasteiger partial charge in [0.1, 0.15) is 5.76 Å². The zero-order valence-electron chi connectivity index (χ0n) is 15.7. The molecule has 4 rings (SSSR count). The first kappa shape index (κ1) is 19.4. The third-order valence-electron chi connectivity index (χ3n) is 5.27. The molecule has 2 saturated heterocycles. The summed E-state index contributed by atoms with van der Waals surface area (Å²) in [4.78, 5) is 26.0. The Bertz CT molecular complexity index is 975. The number of carbonyl (C=O) groups excluding carboxylic acids is 1. The lowest BCUT2D eigenvalue weighted by atomic mass is 9.85. The molecule has 0 bridgehead atoms. The fraction of sp³-hybridized carbons (Fsp3) is 0.273. The second-order valence-electron chi connectivity index (χ2n) is 7.17. The van der Waals surface area contributed by atoms with Crippen LogP contribution < -0.4 is 0 Å². The molecule has 2 fully saturated rings. The van der Waals surface area contributed by atoms with E-state index >= 15 is 0 Å². The predicted molar refractivity (Wildman–Crippen MR) is 108 cm³/mol. The van der Waals surface area contributed by atoms with Crippen molar-refractivity contribution < 1.29 is 23.6 Å². The second kappa shape index (κ2) is 7.83. The Morgan fingerprint density at radius 3 is 2.34 bits per heavy atom. The molecule has 0 aliphatic carbocycles. The van der Waals surface area contributed by atoms with Crippen LogP contribution in [0.2, 0.25) is 0 Å². The summed E-state index contributed by atoms with van der Waals surface area (Å²) < 4.78 is 18.4. The van der Waals surface area contributed by atoms with Crippen molar-refractivity contribution in [2.75, 3.05) is 5.75 Å². The lowest BCUT2D eigenvalue weighted by molar-refractivity contribution is -0.170. The molecule has 7 heteroatoms. The molecule has 6 nitrogen and oxygen atoms in total. The highest BCUT2D eigenvalue weighted by Crippen LogP contribution is 2.46. The van der Waals surface area contributed by atoms with Gasteiger partial charge in [-0.1, -0.05) is 60.7 Å². The first-order valence-electron chi connectivity index (χ1n) is 9.36. The lowest BCUT2D eigenvalue weighted by Gasteiger charge is -2.40. The van der Waals surface area contributed by atoms with Gasteiger partial charge in [-0.3, -0.25) is 13.9 Å².